The maximum absolute atomic E-state index is 12.4. The van der Waals surface area contributed by atoms with Crippen LogP contribution < -0.4 is 4.90 Å². The van der Waals surface area contributed by atoms with Crippen LogP contribution in [0.25, 0.3) is 27.8 Å². The van der Waals surface area contributed by atoms with Crippen LogP contribution in [0.2, 0.25) is 0 Å². The van der Waals surface area contributed by atoms with E-state index in [2.05, 4.69) is 33.3 Å². The summed E-state index contributed by atoms with van der Waals surface area (Å²) >= 11 is 0. The van der Waals surface area contributed by atoms with Crippen LogP contribution >= 0.6 is 0 Å². The van der Waals surface area contributed by atoms with Crippen molar-refractivity contribution in [2.75, 3.05) is 31.1 Å². The van der Waals surface area contributed by atoms with E-state index in [1.54, 1.807) is 20.3 Å². The normalized spacial score (nSPS) is 14.2. The molecular weight excluding hydrogens is 468 g/mol. The SMILES string of the molecule is Cc1cc(-c2cc(-c3cnn(C)c3)cn3ncc(C#N)c23)cnc1N1CCN(C(=O)OC(C)(C)C)CC1. The summed E-state index contributed by atoms with van der Waals surface area (Å²) in [5.41, 5.74) is 5.46. The zero-order valence-corrected chi connectivity index (χ0v) is 21.8. The van der Waals surface area contributed by atoms with Gasteiger partial charge in [0.05, 0.1) is 23.5 Å². The highest BCUT2D eigenvalue weighted by Gasteiger charge is 2.27. The van der Waals surface area contributed by atoms with Gasteiger partial charge < -0.3 is 14.5 Å². The van der Waals surface area contributed by atoms with Gasteiger partial charge in [0, 0.05) is 74.1 Å². The molecule has 0 aromatic carbocycles. The van der Waals surface area contributed by atoms with Gasteiger partial charge in [-0.05, 0) is 45.4 Å². The van der Waals surface area contributed by atoms with Gasteiger partial charge in [-0.1, -0.05) is 0 Å². The second-order valence-electron chi connectivity index (χ2n) is 10.3. The lowest BCUT2D eigenvalue weighted by Crippen LogP contribution is -2.50. The molecular formula is C27H30N8O2. The number of carbonyl (C=O) groups is 1. The Kier molecular flexibility index (Phi) is 6.07. The fourth-order valence-corrected chi connectivity index (χ4v) is 4.62. The van der Waals surface area contributed by atoms with Crippen LogP contribution in [0, 0.1) is 18.3 Å². The zero-order valence-electron chi connectivity index (χ0n) is 21.8. The Morgan fingerprint density at radius 1 is 1.00 bits per heavy atom. The molecule has 10 heteroatoms. The Hall–Kier alpha value is -4.39. The Bertz CT molecular complexity index is 1510. The molecule has 0 unspecified atom stereocenters. The second-order valence-corrected chi connectivity index (χ2v) is 10.3. The fourth-order valence-electron chi connectivity index (χ4n) is 4.62. The van der Waals surface area contributed by atoms with Crippen molar-refractivity contribution < 1.29 is 9.53 Å². The van der Waals surface area contributed by atoms with E-state index < -0.39 is 5.60 Å². The van der Waals surface area contributed by atoms with Crippen molar-refractivity contribution in [1.29, 1.82) is 5.26 Å². The van der Waals surface area contributed by atoms with Crippen LogP contribution in [-0.2, 0) is 11.8 Å². The third kappa shape index (κ3) is 4.85. The number of pyridine rings is 2. The Balaban J connectivity index is 1.44. The quantitative estimate of drug-likeness (QED) is 0.420. The van der Waals surface area contributed by atoms with E-state index in [1.807, 2.05) is 59.5 Å². The summed E-state index contributed by atoms with van der Waals surface area (Å²) in [5, 5.41) is 18.4. The zero-order chi connectivity index (χ0) is 26.3. The summed E-state index contributed by atoms with van der Waals surface area (Å²) in [4.78, 5) is 21.2. The van der Waals surface area contributed by atoms with Crippen LogP contribution in [0.5, 0.6) is 0 Å². The summed E-state index contributed by atoms with van der Waals surface area (Å²) in [6, 6.07) is 6.41. The summed E-state index contributed by atoms with van der Waals surface area (Å²) in [6.45, 7) is 10.2. The standard InChI is InChI=1S/C27H30N8O2/c1-18-10-19(13-29-25(18)33-6-8-34(9-7-33)26(36)37-27(2,3)4)23-11-20(22-15-30-32(5)16-22)17-35-24(23)21(12-28)14-31-35/h10-11,13-17H,6-9H2,1-5H3. The molecule has 10 nitrogen and oxygen atoms in total. The first kappa shape index (κ1) is 24.3. The van der Waals surface area contributed by atoms with Gasteiger partial charge in [-0.25, -0.2) is 14.3 Å². The highest BCUT2D eigenvalue weighted by atomic mass is 16.6. The highest BCUT2D eigenvalue weighted by molar-refractivity contribution is 5.87. The van der Waals surface area contributed by atoms with Gasteiger partial charge in [-0.2, -0.15) is 15.5 Å². The molecule has 1 saturated heterocycles. The molecule has 0 saturated carbocycles. The number of nitrogens with zero attached hydrogens (tertiary/aromatic N) is 8. The number of piperazine rings is 1. The average molecular weight is 499 g/mol. The van der Waals surface area contributed by atoms with E-state index in [-0.39, 0.29) is 6.09 Å². The molecule has 1 fully saturated rings. The molecule has 4 aromatic rings. The molecule has 5 heterocycles. The van der Waals surface area contributed by atoms with E-state index >= 15 is 0 Å². The summed E-state index contributed by atoms with van der Waals surface area (Å²) in [5.74, 6) is 0.890. The van der Waals surface area contributed by atoms with Crippen LogP contribution in [0.15, 0.2) is 43.1 Å². The van der Waals surface area contributed by atoms with Crippen LogP contribution in [0.1, 0.15) is 31.9 Å². The molecule has 5 rings (SSSR count). The smallest absolute Gasteiger partial charge is 0.410 e. The number of hydrogen-bond donors (Lipinski definition) is 0. The number of amides is 1. The number of aromatic nitrogens is 5. The van der Waals surface area contributed by atoms with Gasteiger partial charge >= 0.3 is 6.09 Å². The molecule has 0 bridgehead atoms. The van der Waals surface area contributed by atoms with Crippen molar-refractivity contribution in [3.63, 3.8) is 0 Å². The van der Waals surface area contributed by atoms with Gasteiger partial charge in [0.25, 0.3) is 0 Å². The molecule has 1 aliphatic rings. The Morgan fingerprint density at radius 2 is 1.76 bits per heavy atom. The molecule has 0 aliphatic carbocycles. The van der Waals surface area contributed by atoms with Crippen LogP contribution in [0.3, 0.4) is 0 Å². The van der Waals surface area contributed by atoms with Gasteiger partial charge in [-0.3, -0.25) is 4.68 Å². The van der Waals surface area contributed by atoms with E-state index in [4.69, 9.17) is 9.72 Å². The van der Waals surface area contributed by atoms with Crippen molar-refractivity contribution in [1.82, 2.24) is 29.3 Å². The van der Waals surface area contributed by atoms with E-state index in [0.717, 1.165) is 39.2 Å². The average Bonchev–Trinajstić information content (AvgIpc) is 3.48. The number of rotatable bonds is 3. The van der Waals surface area contributed by atoms with Crippen LogP contribution in [-0.4, -0.2) is 67.2 Å². The third-order valence-electron chi connectivity index (χ3n) is 6.36. The van der Waals surface area contributed by atoms with Crippen molar-refractivity contribution in [2.45, 2.75) is 33.3 Å². The molecule has 1 aliphatic heterocycles. The molecule has 37 heavy (non-hydrogen) atoms. The minimum absolute atomic E-state index is 0.279. The summed E-state index contributed by atoms with van der Waals surface area (Å²) in [7, 11) is 1.88. The predicted molar refractivity (Wildman–Crippen MR) is 140 cm³/mol. The fraction of sp³-hybridized carbons (Fsp3) is 0.370. The second kappa shape index (κ2) is 9.24. The first-order chi connectivity index (χ1) is 17.6. The molecule has 0 N–H and O–H groups in total. The van der Waals surface area contributed by atoms with Gasteiger partial charge in [0.2, 0.25) is 0 Å². The third-order valence-corrected chi connectivity index (χ3v) is 6.36. The van der Waals surface area contributed by atoms with Crippen molar-refractivity contribution in [3.8, 4) is 28.3 Å². The maximum Gasteiger partial charge on any atom is 0.410 e. The number of hydrogen-bond acceptors (Lipinski definition) is 7. The largest absolute Gasteiger partial charge is 0.444 e. The lowest BCUT2D eigenvalue weighted by molar-refractivity contribution is 0.0240. The van der Waals surface area contributed by atoms with Crippen molar-refractivity contribution in [2.24, 2.45) is 7.05 Å². The predicted octanol–water partition coefficient (Wildman–Crippen LogP) is 4.03. The first-order valence-corrected chi connectivity index (χ1v) is 12.2. The number of anilines is 1. The van der Waals surface area contributed by atoms with E-state index in [0.29, 0.717) is 31.7 Å². The Morgan fingerprint density at radius 3 is 2.38 bits per heavy atom. The lowest BCUT2D eigenvalue weighted by Gasteiger charge is -2.36. The summed E-state index contributed by atoms with van der Waals surface area (Å²) in [6.07, 6.45) is 8.82. The summed E-state index contributed by atoms with van der Waals surface area (Å²) < 4.78 is 9.02. The number of nitriles is 1. The van der Waals surface area contributed by atoms with Crippen molar-refractivity contribution in [3.05, 3.63) is 54.2 Å². The van der Waals surface area contributed by atoms with Crippen LogP contribution in [0.4, 0.5) is 10.6 Å². The van der Waals surface area contributed by atoms with Gasteiger partial charge in [-0.15, -0.1) is 0 Å². The number of aryl methyl sites for hydroxylation is 2. The molecule has 0 radical (unpaired) electrons. The molecule has 1 amide bonds. The van der Waals surface area contributed by atoms with E-state index in [9.17, 15) is 10.1 Å². The highest BCUT2D eigenvalue weighted by Crippen LogP contribution is 2.33. The minimum Gasteiger partial charge on any atom is -0.444 e. The molecule has 190 valence electrons. The number of carbonyl (C=O) groups excluding carboxylic acids is 1. The van der Waals surface area contributed by atoms with Gasteiger partial charge in [0.15, 0.2) is 0 Å². The van der Waals surface area contributed by atoms with Gasteiger partial charge in [0.1, 0.15) is 17.5 Å². The number of ether oxygens (including phenoxy) is 1. The maximum atomic E-state index is 12.4. The minimum atomic E-state index is -0.511. The first-order valence-electron chi connectivity index (χ1n) is 12.2. The molecule has 4 aromatic heterocycles. The van der Waals surface area contributed by atoms with Crippen molar-refractivity contribution >= 4 is 17.4 Å². The molecule has 0 spiro atoms. The lowest BCUT2D eigenvalue weighted by atomic mass is 10.00. The molecule has 0 atom stereocenters. The number of fused-ring (bicyclic) bond motifs is 1. The Labute approximate surface area is 215 Å². The topological polar surface area (TPSA) is 105 Å². The van der Waals surface area contributed by atoms with E-state index in [1.165, 1.54) is 0 Å². The monoisotopic (exact) mass is 498 g/mol.